The van der Waals surface area contributed by atoms with Gasteiger partial charge in [-0.25, -0.2) is 0 Å². The normalized spacial score (nSPS) is 10.4. The van der Waals surface area contributed by atoms with Gasteiger partial charge >= 0.3 is 11.9 Å². The fraction of sp³-hybridized carbons (Fsp3) is 0.727. The Morgan fingerprint density at radius 2 is 1.56 bits per heavy atom. The van der Waals surface area contributed by atoms with Gasteiger partial charge < -0.3 is 10.2 Å². The van der Waals surface area contributed by atoms with Gasteiger partial charge in [0.25, 0.3) is 0 Å². The number of hydrogen-bond acceptors (Lipinski definition) is 3. The summed E-state index contributed by atoms with van der Waals surface area (Å²) in [6.45, 7) is 1.92. The van der Waals surface area contributed by atoms with E-state index < -0.39 is 17.9 Å². The van der Waals surface area contributed by atoms with E-state index in [0.29, 0.717) is 25.7 Å². The summed E-state index contributed by atoms with van der Waals surface area (Å²) in [5.74, 6) is -3.81. The van der Waals surface area contributed by atoms with Crippen LogP contribution in [0.15, 0.2) is 0 Å². The first-order valence-electron chi connectivity index (χ1n) is 5.46. The maximum Gasteiger partial charge on any atom is 0.317 e. The van der Waals surface area contributed by atoms with E-state index >= 15 is 0 Å². The van der Waals surface area contributed by atoms with E-state index in [2.05, 4.69) is 0 Å². The van der Waals surface area contributed by atoms with Gasteiger partial charge in [0.1, 0.15) is 5.78 Å². The first kappa shape index (κ1) is 14.6. The molecule has 0 amide bonds. The average Bonchev–Trinajstić information content (AvgIpc) is 2.16. The molecule has 0 heterocycles. The molecule has 0 saturated carbocycles. The van der Waals surface area contributed by atoms with Crippen molar-refractivity contribution in [2.75, 3.05) is 0 Å². The molecule has 0 atom stereocenters. The highest BCUT2D eigenvalue weighted by Crippen LogP contribution is 2.11. The lowest BCUT2D eigenvalue weighted by Gasteiger charge is -2.06. The standard InChI is InChI=1S/C11H18O5/c1-2-5-8(12)6-3-4-7-9(10(13)14)11(15)16/h9H,2-7H2,1H3,(H,13,14)(H,15,16). The lowest BCUT2D eigenvalue weighted by atomic mass is 10.0. The Bertz CT molecular complexity index is 245. The molecule has 0 aromatic rings. The van der Waals surface area contributed by atoms with Gasteiger partial charge in [-0.05, 0) is 19.3 Å². The average molecular weight is 230 g/mol. The van der Waals surface area contributed by atoms with Crippen LogP contribution < -0.4 is 0 Å². The van der Waals surface area contributed by atoms with E-state index in [1.54, 1.807) is 0 Å². The molecule has 0 fully saturated rings. The molecule has 0 aliphatic carbocycles. The molecule has 0 saturated heterocycles. The highest BCUT2D eigenvalue weighted by atomic mass is 16.4. The predicted molar refractivity (Wildman–Crippen MR) is 57.1 cm³/mol. The molecule has 5 heteroatoms. The van der Waals surface area contributed by atoms with Crippen LogP contribution in [0.5, 0.6) is 0 Å². The van der Waals surface area contributed by atoms with Crippen molar-refractivity contribution in [3.8, 4) is 0 Å². The monoisotopic (exact) mass is 230 g/mol. The van der Waals surface area contributed by atoms with Crippen LogP contribution in [0.2, 0.25) is 0 Å². The quantitative estimate of drug-likeness (QED) is 0.464. The number of carboxylic acid groups (broad SMARTS) is 2. The largest absolute Gasteiger partial charge is 0.481 e. The molecule has 0 rings (SSSR count). The topological polar surface area (TPSA) is 91.7 Å². The Balaban J connectivity index is 3.75. The lowest BCUT2D eigenvalue weighted by Crippen LogP contribution is -2.23. The van der Waals surface area contributed by atoms with Crippen molar-refractivity contribution in [1.82, 2.24) is 0 Å². The number of Topliss-reactive ketones (excluding diaryl/α,β-unsaturated/α-hetero) is 1. The van der Waals surface area contributed by atoms with Crippen molar-refractivity contribution < 1.29 is 24.6 Å². The summed E-state index contributed by atoms with van der Waals surface area (Å²) in [4.78, 5) is 32.2. The first-order chi connectivity index (χ1) is 7.49. The maximum absolute atomic E-state index is 11.1. The molecule has 0 bridgehead atoms. The van der Waals surface area contributed by atoms with Gasteiger partial charge in [-0.2, -0.15) is 0 Å². The minimum atomic E-state index is -1.35. The molecule has 0 spiro atoms. The molecule has 0 radical (unpaired) electrons. The van der Waals surface area contributed by atoms with Crippen LogP contribution in [0.1, 0.15) is 45.4 Å². The summed E-state index contributed by atoms with van der Waals surface area (Å²) in [7, 11) is 0. The van der Waals surface area contributed by atoms with Crippen molar-refractivity contribution >= 4 is 17.7 Å². The Labute approximate surface area is 94.5 Å². The van der Waals surface area contributed by atoms with Gasteiger partial charge in [-0.15, -0.1) is 0 Å². The van der Waals surface area contributed by atoms with Crippen LogP contribution >= 0.6 is 0 Å². The highest BCUT2D eigenvalue weighted by molar-refractivity contribution is 5.92. The number of hydrogen-bond donors (Lipinski definition) is 2. The Morgan fingerprint density at radius 1 is 1.00 bits per heavy atom. The van der Waals surface area contributed by atoms with Crippen molar-refractivity contribution in [3.05, 3.63) is 0 Å². The van der Waals surface area contributed by atoms with Crippen molar-refractivity contribution in [2.45, 2.75) is 45.4 Å². The third kappa shape index (κ3) is 6.16. The molecule has 0 aromatic carbocycles. The van der Waals surface area contributed by atoms with Crippen molar-refractivity contribution in [3.63, 3.8) is 0 Å². The molecular weight excluding hydrogens is 212 g/mol. The number of ketones is 1. The first-order valence-corrected chi connectivity index (χ1v) is 5.46. The molecule has 92 valence electrons. The van der Waals surface area contributed by atoms with E-state index in [4.69, 9.17) is 10.2 Å². The van der Waals surface area contributed by atoms with Crippen LogP contribution in [0.3, 0.4) is 0 Å². The SMILES string of the molecule is CCCC(=O)CCCCC(C(=O)O)C(=O)O. The van der Waals surface area contributed by atoms with E-state index in [1.807, 2.05) is 6.92 Å². The van der Waals surface area contributed by atoms with Crippen molar-refractivity contribution in [1.29, 1.82) is 0 Å². The van der Waals surface area contributed by atoms with Gasteiger partial charge in [0.2, 0.25) is 0 Å². The zero-order valence-corrected chi connectivity index (χ0v) is 9.44. The summed E-state index contributed by atoms with van der Waals surface area (Å²) in [5, 5.41) is 17.2. The van der Waals surface area contributed by atoms with E-state index in [9.17, 15) is 14.4 Å². The fourth-order valence-electron chi connectivity index (χ4n) is 1.43. The summed E-state index contributed by atoms with van der Waals surface area (Å²) in [6.07, 6.45) is 2.88. The van der Waals surface area contributed by atoms with Crippen molar-refractivity contribution in [2.24, 2.45) is 5.92 Å². The Kier molecular flexibility index (Phi) is 7.16. The van der Waals surface area contributed by atoms with Crippen LogP contribution in [-0.2, 0) is 14.4 Å². The van der Waals surface area contributed by atoms with Crippen LogP contribution in [-0.4, -0.2) is 27.9 Å². The van der Waals surface area contributed by atoms with Gasteiger partial charge in [0.15, 0.2) is 5.92 Å². The molecule has 2 N–H and O–H groups in total. The molecule has 16 heavy (non-hydrogen) atoms. The number of carboxylic acids is 2. The van der Waals surface area contributed by atoms with E-state index in [-0.39, 0.29) is 12.2 Å². The molecule has 0 aliphatic rings. The van der Waals surface area contributed by atoms with Gasteiger partial charge in [-0.3, -0.25) is 14.4 Å². The predicted octanol–water partition coefficient (Wildman–Crippen LogP) is 1.70. The minimum Gasteiger partial charge on any atom is -0.481 e. The van der Waals surface area contributed by atoms with E-state index in [1.165, 1.54) is 0 Å². The Morgan fingerprint density at radius 3 is 2.00 bits per heavy atom. The summed E-state index contributed by atoms with van der Waals surface area (Å²) in [6, 6.07) is 0. The summed E-state index contributed by atoms with van der Waals surface area (Å²) < 4.78 is 0. The molecule has 0 unspecified atom stereocenters. The molecule has 0 aromatic heterocycles. The third-order valence-corrected chi connectivity index (χ3v) is 2.32. The fourth-order valence-corrected chi connectivity index (χ4v) is 1.43. The zero-order valence-electron chi connectivity index (χ0n) is 9.44. The molecule has 0 aliphatic heterocycles. The minimum absolute atomic E-state index is 0.0874. The number of carbonyl (C=O) groups is 3. The van der Waals surface area contributed by atoms with Gasteiger partial charge in [0.05, 0.1) is 0 Å². The second-order valence-corrected chi connectivity index (χ2v) is 3.76. The Hall–Kier alpha value is -1.39. The maximum atomic E-state index is 11.1. The number of aliphatic carboxylic acids is 2. The van der Waals surface area contributed by atoms with Gasteiger partial charge in [-0.1, -0.05) is 13.3 Å². The molecular formula is C11H18O5. The number of unbranched alkanes of at least 4 members (excludes halogenated alkanes) is 1. The second kappa shape index (κ2) is 7.84. The number of carbonyl (C=O) groups excluding carboxylic acids is 1. The van der Waals surface area contributed by atoms with Crippen LogP contribution in [0.4, 0.5) is 0 Å². The van der Waals surface area contributed by atoms with Crippen LogP contribution in [0, 0.1) is 5.92 Å². The summed E-state index contributed by atoms with van der Waals surface area (Å²) in [5.41, 5.74) is 0. The molecule has 5 nitrogen and oxygen atoms in total. The third-order valence-electron chi connectivity index (χ3n) is 2.32. The second-order valence-electron chi connectivity index (χ2n) is 3.76. The van der Waals surface area contributed by atoms with E-state index in [0.717, 1.165) is 6.42 Å². The highest BCUT2D eigenvalue weighted by Gasteiger charge is 2.24. The lowest BCUT2D eigenvalue weighted by molar-refractivity contribution is -0.154. The van der Waals surface area contributed by atoms with Crippen LogP contribution in [0.25, 0.3) is 0 Å². The smallest absolute Gasteiger partial charge is 0.317 e. The number of rotatable bonds is 9. The zero-order chi connectivity index (χ0) is 12.6. The summed E-state index contributed by atoms with van der Waals surface area (Å²) >= 11 is 0. The van der Waals surface area contributed by atoms with Gasteiger partial charge in [0, 0.05) is 12.8 Å².